The van der Waals surface area contributed by atoms with Gasteiger partial charge in [0.05, 0.1) is 18.2 Å². The van der Waals surface area contributed by atoms with Crippen LogP contribution in [0.1, 0.15) is 22.7 Å². The first-order valence-electron chi connectivity index (χ1n) is 7.88. The van der Waals surface area contributed by atoms with Crippen LogP contribution in [0, 0.1) is 6.92 Å². The van der Waals surface area contributed by atoms with Crippen LogP contribution in [-0.4, -0.2) is 24.1 Å². The molecule has 0 aliphatic carbocycles. The summed E-state index contributed by atoms with van der Waals surface area (Å²) in [6.45, 7) is 2.84. The van der Waals surface area contributed by atoms with Crippen LogP contribution in [0.15, 0.2) is 34.7 Å². The molecule has 2 heterocycles. The maximum Gasteiger partial charge on any atom is 0.255 e. The molecule has 0 unspecified atom stereocenters. The lowest BCUT2D eigenvalue weighted by Crippen LogP contribution is -2.12. The number of carbonyl (C=O) groups excluding carboxylic acids is 1. The molecule has 6 nitrogen and oxygen atoms in total. The van der Waals surface area contributed by atoms with Gasteiger partial charge in [-0.15, -0.1) is 0 Å². The zero-order chi connectivity index (χ0) is 17.4. The molecule has 0 bridgehead atoms. The molecular formula is C18H15ClN2O4. The second-order valence-corrected chi connectivity index (χ2v) is 6.11. The van der Waals surface area contributed by atoms with Crippen molar-refractivity contribution in [2.45, 2.75) is 13.3 Å². The van der Waals surface area contributed by atoms with E-state index in [0.29, 0.717) is 58.0 Å². The van der Waals surface area contributed by atoms with Crippen molar-refractivity contribution in [2.24, 2.45) is 0 Å². The Kier molecular flexibility index (Phi) is 3.97. The van der Waals surface area contributed by atoms with Gasteiger partial charge in [-0.1, -0.05) is 11.6 Å². The molecule has 0 radical (unpaired) electrons. The van der Waals surface area contributed by atoms with Crippen LogP contribution in [0.4, 0.5) is 5.69 Å². The van der Waals surface area contributed by atoms with Crippen LogP contribution in [0.3, 0.4) is 0 Å². The van der Waals surface area contributed by atoms with Crippen LogP contribution >= 0.6 is 11.6 Å². The van der Waals surface area contributed by atoms with Gasteiger partial charge in [0.25, 0.3) is 5.91 Å². The third kappa shape index (κ3) is 3.13. The van der Waals surface area contributed by atoms with Crippen molar-refractivity contribution in [3.63, 3.8) is 0 Å². The molecule has 0 fully saturated rings. The minimum Gasteiger partial charge on any atom is -0.489 e. The van der Waals surface area contributed by atoms with Gasteiger partial charge in [0, 0.05) is 24.6 Å². The van der Waals surface area contributed by atoms with Gasteiger partial charge in [0.15, 0.2) is 23.0 Å². The van der Waals surface area contributed by atoms with Crippen molar-refractivity contribution in [1.29, 1.82) is 0 Å². The summed E-state index contributed by atoms with van der Waals surface area (Å²) in [5, 5.41) is 3.19. The van der Waals surface area contributed by atoms with Gasteiger partial charge in [0.2, 0.25) is 0 Å². The summed E-state index contributed by atoms with van der Waals surface area (Å²) in [5.41, 5.74) is 2.38. The lowest BCUT2D eigenvalue weighted by molar-refractivity contribution is 0.102. The topological polar surface area (TPSA) is 73.6 Å². The smallest absolute Gasteiger partial charge is 0.255 e. The number of benzene rings is 2. The second-order valence-electron chi connectivity index (χ2n) is 5.71. The van der Waals surface area contributed by atoms with Gasteiger partial charge < -0.3 is 19.2 Å². The summed E-state index contributed by atoms with van der Waals surface area (Å²) >= 11 is 6.24. The normalized spacial score (nSPS) is 13.5. The van der Waals surface area contributed by atoms with Crippen LogP contribution in [-0.2, 0) is 0 Å². The predicted octanol–water partition coefficient (Wildman–Crippen LogP) is 4.20. The minimum atomic E-state index is -0.294. The average Bonchev–Trinajstić information content (AvgIpc) is 2.79. The zero-order valence-electron chi connectivity index (χ0n) is 13.5. The lowest BCUT2D eigenvalue weighted by atomic mass is 10.1. The fourth-order valence-electron chi connectivity index (χ4n) is 2.69. The summed E-state index contributed by atoms with van der Waals surface area (Å²) in [4.78, 5) is 16.8. The van der Waals surface area contributed by atoms with Crippen LogP contribution in [0.2, 0.25) is 5.02 Å². The first-order chi connectivity index (χ1) is 12.1. The maximum absolute atomic E-state index is 12.6. The number of carbonyl (C=O) groups is 1. The lowest BCUT2D eigenvalue weighted by Gasteiger charge is -2.11. The number of amides is 1. The van der Waals surface area contributed by atoms with Crippen molar-refractivity contribution in [3.05, 3.63) is 46.8 Å². The Morgan fingerprint density at radius 2 is 2.04 bits per heavy atom. The number of ether oxygens (including phenoxy) is 2. The highest BCUT2D eigenvalue weighted by atomic mass is 35.5. The number of halogens is 1. The summed E-state index contributed by atoms with van der Waals surface area (Å²) in [7, 11) is 0. The number of oxazole rings is 1. The van der Waals surface area contributed by atoms with Crippen molar-refractivity contribution < 1.29 is 18.7 Å². The number of fused-ring (bicyclic) bond motifs is 2. The third-order valence-corrected chi connectivity index (χ3v) is 4.10. The molecule has 1 N–H and O–H groups in total. The molecule has 3 aromatic rings. The zero-order valence-corrected chi connectivity index (χ0v) is 14.2. The van der Waals surface area contributed by atoms with E-state index < -0.39 is 0 Å². The van der Waals surface area contributed by atoms with Gasteiger partial charge in [-0.2, -0.15) is 0 Å². The average molecular weight is 359 g/mol. The minimum absolute atomic E-state index is 0.294. The Bertz CT molecular complexity index is 967. The van der Waals surface area contributed by atoms with Gasteiger partial charge in [0.1, 0.15) is 5.52 Å². The molecule has 0 spiro atoms. The van der Waals surface area contributed by atoms with Gasteiger partial charge in [-0.3, -0.25) is 4.79 Å². The first kappa shape index (κ1) is 15.8. The molecule has 1 aliphatic rings. The molecule has 128 valence electrons. The van der Waals surface area contributed by atoms with E-state index >= 15 is 0 Å². The van der Waals surface area contributed by atoms with Crippen LogP contribution in [0.25, 0.3) is 11.1 Å². The van der Waals surface area contributed by atoms with Crippen molar-refractivity contribution in [2.75, 3.05) is 18.5 Å². The number of hydrogen-bond acceptors (Lipinski definition) is 5. The van der Waals surface area contributed by atoms with E-state index in [-0.39, 0.29) is 5.91 Å². The Balaban J connectivity index is 1.61. The monoisotopic (exact) mass is 358 g/mol. The van der Waals surface area contributed by atoms with Crippen molar-refractivity contribution >= 4 is 34.3 Å². The summed E-state index contributed by atoms with van der Waals surface area (Å²) in [6, 6.07) is 8.50. The number of anilines is 1. The van der Waals surface area contributed by atoms with E-state index in [1.807, 2.05) is 0 Å². The number of nitrogens with one attached hydrogen (secondary N) is 1. The molecule has 25 heavy (non-hydrogen) atoms. The summed E-state index contributed by atoms with van der Waals surface area (Å²) in [5.74, 6) is 1.25. The van der Waals surface area contributed by atoms with Crippen molar-refractivity contribution in [1.82, 2.24) is 4.98 Å². The van der Waals surface area contributed by atoms with E-state index in [2.05, 4.69) is 10.3 Å². The molecule has 4 rings (SSSR count). The molecule has 1 amide bonds. The summed E-state index contributed by atoms with van der Waals surface area (Å²) in [6.07, 6.45) is 0.768. The highest BCUT2D eigenvalue weighted by Crippen LogP contribution is 2.38. The number of rotatable bonds is 2. The van der Waals surface area contributed by atoms with E-state index in [9.17, 15) is 4.79 Å². The SMILES string of the molecule is Cc1nc2cc(NC(=O)c3cc(Cl)c4c(c3)OCCCO4)ccc2o1. The van der Waals surface area contributed by atoms with E-state index in [1.54, 1.807) is 37.3 Å². The molecule has 1 aliphatic heterocycles. The Morgan fingerprint density at radius 3 is 2.92 bits per heavy atom. The maximum atomic E-state index is 12.6. The number of aromatic nitrogens is 1. The molecule has 2 aromatic carbocycles. The quantitative estimate of drug-likeness (QED) is 0.743. The highest BCUT2D eigenvalue weighted by Gasteiger charge is 2.18. The largest absolute Gasteiger partial charge is 0.489 e. The number of hydrogen-bond donors (Lipinski definition) is 1. The Hall–Kier alpha value is -2.73. The molecule has 0 atom stereocenters. The highest BCUT2D eigenvalue weighted by molar-refractivity contribution is 6.32. The molecular weight excluding hydrogens is 344 g/mol. The molecule has 0 saturated heterocycles. The fourth-order valence-corrected chi connectivity index (χ4v) is 2.95. The van der Waals surface area contributed by atoms with Gasteiger partial charge >= 0.3 is 0 Å². The van der Waals surface area contributed by atoms with Gasteiger partial charge in [-0.25, -0.2) is 4.98 Å². The van der Waals surface area contributed by atoms with Crippen LogP contribution in [0.5, 0.6) is 11.5 Å². The Morgan fingerprint density at radius 1 is 1.20 bits per heavy atom. The van der Waals surface area contributed by atoms with Crippen LogP contribution < -0.4 is 14.8 Å². The predicted molar refractivity (Wildman–Crippen MR) is 93.8 cm³/mol. The first-order valence-corrected chi connectivity index (χ1v) is 8.25. The molecule has 1 aromatic heterocycles. The van der Waals surface area contributed by atoms with E-state index in [0.717, 1.165) is 6.42 Å². The molecule has 0 saturated carbocycles. The van der Waals surface area contributed by atoms with E-state index in [1.165, 1.54) is 0 Å². The third-order valence-electron chi connectivity index (χ3n) is 3.82. The number of nitrogens with zero attached hydrogens (tertiary/aromatic N) is 1. The summed E-state index contributed by atoms with van der Waals surface area (Å²) < 4.78 is 16.6. The molecule has 7 heteroatoms. The van der Waals surface area contributed by atoms with E-state index in [4.69, 9.17) is 25.5 Å². The van der Waals surface area contributed by atoms with Gasteiger partial charge in [-0.05, 0) is 30.3 Å². The second kappa shape index (κ2) is 6.29. The van der Waals surface area contributed by atoms with Crippen molar-refractivity contribution in [3.8, 4) is 11.5 Å². The standard InChI is InChI=1S/C18H15ClN2O4/c1-10-20-14-9-12(3-4-15(14)25-10)21-18(22)11-7-13(19)17-16(8-11)23-5-2-6-24-17/h3-4,7-9H,2,5-6H2,1H3,(H,21,22). The fraction of sp³-hybridized carbons (Fsp3) is 0.222. The number of aryl methyl sites for hydroxylation is 1. The Labute approximate surface area is 148 Å².